The molecule has 58 heavy (non-hydrogen) atoms. The summed E-state index contributed by atoms with van der Waals surface area (Å²) in [6, 6.07) is 20.2. The first-order valence-corrected chi connectivity index (χ1v) is 20.3. The Morgan fingerprint density at radius 3 is 1.16 bits per heavy atom. The van der Waals surface area contributed by atoms with Gasteiger partial charge in [-0.05, 0) is 124 Å². The number of hydrogen-bond donors (Lipinski definition) is 7. The van der Waals surface area contributed by atoms with Crippen molar-refractivity contribution < 1.29 is 18.9 Å². The number of amidine groups is 1. The van der Waals surface area contributed by atoms with E-state index >= 15 is 0 Å². The van der Waals surface area contributed by atoms with Gasteiger partial charge >= 0.3 is 0 Å². The first-order chi connectivity index (χ1) is 28.0. The largest absolute Gasteiger partial charge is 0.493 e. The Morgan fingerprint density at radius 1 is 0.466 bits per heavy atom. The fourth-order valence-electron chi connectivity index (χ4n) is 5.68. The molecule has 0 aliphatic rings. The minimum atomic E-state index is 0.0974. The number of nitrogens with zero attached hydrogens (tertiary/aromatic N) is 2. The Kier molecular flexibility index (Phi) is 22.1. The molecule has 0 heterocycles. The Balaban J connectivity index is 1.66. The van der Waals surface area contributed by atoms with Gasteiger partial charge in [0.15, 0.2) is 11.9 Å². The van der Waals surface area contributed by atoms with Crippen LogP contribution < -0.4 is 47.6 Å². The molecule has 0 fully saturated rings. The zero-order valence-corrected chi connectivity index (χ0v) is 34.2. The molecular formula is C45H65N9O4. The minimum Gasteiger partial charge on any atom is -0.493 e. The SMILES string of the molecule is CC(=N)CCCCCOc1cc(/C=C/c2ccc(/C=C/c3cc(OCCCCCC(=N)N)cc(OCCCCN=C(N)N)c3)cc2)cc(OCCCCN=C(N)N)c1. The number of unbranched alkanes of at least 4 members (excludes halogenated alkanes) is 6. The summed E-state index contributed by atoms with van der Waals surface area (Å²) in [6.07, 6.45) is 18.6. The molecule has 0 saturated carbocycles. The van der Waals surface area contributed by atoms with E-state index in [1.54, 1.807) is 0 Å². The Morgan fingerprint density at radius 2 is 0.810 bits per heavy atom. The number of benzene rings is 3. The van der Waals surface area contributed by atoms with Crippen LogP contribution in [0.5, 0.6) is 23.0 Å². The smallest absolute Gasteiger partial charge is 0.185 e. The lowest BCUT2D eigenvalue weighted by atomic mass is 10.1. The summed E-state index contributed by atoms with van der Waals surface area (Å²) in [5.74, 6) is 3.40. The number of aliphatic imine (C=N–C) groups is 2. The van der Waals surface area contributed by atoms with Crippen molar-refractivity contribution >= 4 is 47.8 Å². The molecule has 0 aliphatic heterocycles. The predicted octanol–water partition coefficient (Wildman–Crippen LogP) is 7.75. The van der Waals surface area contributed by atoms with Crippen molar-refractivity contribution in [3.63, 3.8) is 0 Å². The fraction of sp³-hybridized carbons (Fsp3) is 0.422. The molecule has 0 saturated heterocycles. The van der Waals surface area contributed by atoms with Crippen LogP contribution in [0.3, 0.4) is 0 Å². The van der Waals surface area contributed by atoms with E-state index in [-0.39, 0.29) is 17.8 Å². The van der Waals surface area contributed by atoms with Crippen LogP contribution in [0.4, 0.5) is 0 Å². The molecule has 3 aromatic rings. The van der Waals surface area contributed by atoms with Crippen LogP contribution in [0.1, 0.15) is 106 Å². The van der Waals surface area contributed by atoms with Crippen molar-refractivity contribution in [2.45, 2.75) is 84.0 Å². The summed E-state index contributed by atoms with van der Waals surface area (Å²) < 4.78 is 24.4. The van der Waals surface area contributed by atoms with Gasteiger partial charge in [0.1, 0.15) is 23.0 Å². The number of nitrogens with two attached hydrogens (primary N) is 5. The molecule has 0 aromatic heterocycles. The molecule has 13 heteroatoms. The number of ether oxygens (including phenoxy) is 4. The number of guanidine groups is 2. The van der Waals surface area contributed by atoms with Gasteiger partial charge in [0.2, 0.25) is 0 Å². The zero-order valence-electron chi connectivity index (χ0n) is 34.2. The molecule has 0 unspecified atom stereocenters. The van der Waals surface area contributed by atoms with Gasteiger partial charge in [-0.3, -0.25) is 15.4 Å². The molecule has 0 aliphatic carbocycles. The lowest BCUT2D eigenvalue weighted by molar-refractivity contribution is 0.291. The monoisotopic (exact) mass is 796 g/mol. The lowest BCUT2D eigenvalue weighted by Gasteiger charge is -2.12. The van der Waals surface area contributed by atoms with E-state index in [9.17, 15) is 0 Å². The van der Waals surface area contributed by atoms with E-state index in [0.29, 0.717) is 45.9 Å². The molecule has 0 bridgehead atoms. The van der Waals surface area contributed by atoms with Gasteiger partial charge in [0.25, 0.3) is 0 Å². The highest BCUT2D eigenvalue weighted by molar-refractivity contribution is 5.78. The van der Waals surface area contributed by atoms with Crippen LogP contribution in [0.25, 0.3) is 24.3 Å². The van der Waals surface area contributed by atoms with Gasteiger partial charge in [0.05, 0.1) is 32.3 Å². The van der Waals surface area contributed by atoms with E-state index in [2.05, 4.69) is 58.6 Å². The second-order valence-electron chi connectivity index (χ2n) is 14.2. The molecule has 314 valence electrons. The second-order valence-corrected chi connectivity index (χ2v) is 14.2. The van der Waals surface area contributed by atoms with Crippen molar-refractivity contribution in [3.05, 3.63) is 82.9 Å². The summed E-state index contributed by atoms with van der Waals surface area (Å²) in [5, 5.41) is 15.0. The second kappa shape index (κ2) is 27.6. The quantitative estimate of drug-likeness (QED) is 0.0151. The van der Waals surface area contributed by atoms with Crippen LogP contribution in [-0.2, 0) is 0 Å². The van der Waals surface area contributed by atoms with Gasteiger partial charge in [0, 0.05) is 37.4 Å². The average Bonchev–Trinajstić information content (AvgIpc) is 3.18. The van der Waals surface area contributed by atoms with Crippen molar-refractivity contribution in [1.29, 1.82) is 10.8 Å². The summed E-state index contributed by atoms with van der Waals surface area (Å²) >= 11 is 0. The summed E-state index contributed by atoms with van der Waals surface area (Å²) in [5.41, 5.74) is 32.0. The third kappa shape index (κ3) is 21.9. The highest BCUT2D eigenvalue weighted by Gasteiger charge is 2.06. The van der Waals surface area contributed by atoms with Crippen LogP contribution in [0, 0.1) is 10.8 Å². The van der Waals surface area contributed by atoms with Gasteiger partial charge < -0.3 is 53.0 Å². The lowest BCUT2D eigenvalue weighted by Crippen LogP contribution is -2.23. The Hall–Kier alpha value is -5.98. The van der Waals surface area contributed by atoms with Crippen molar-refractivity contribution in [3.8, 4) is 23.0 Å². The molecule has 0 spiro atoms. The van der Waals surface area contributed by atoms with Gasteiger partial charge in [-0.25, -0.2) is 0 Å². The minimum absolute atomic E-state index is 0.0974. The van der Waals surface area contributed by atoms with E-state index in [0.717, 1.165) is 122 Å². The fourth-order valence-corrected chi connectivity index (χ4v) is 5.68. The first kappa shape index (κ1) is 46.4. The van der Waals surface area contributed by atoms with E-state index < -0.39 is 0 Å². The van der Waals surface area contributed by atoms with E-state index in [1.807, 2.05) is 43.3 Å². The summed E-state index contributed by atoms with van der Waals surface area (Å²) in [6.45, 7) is 5.24. The van der Waals surface area contributed by atoms with Crippen LogP contribution >= 0.6 is 0 Å². The summed E-state index contributed by atoms with van der Waals surface area (Å²) in [7, 11) is 0. The van der Waals surface area contributed by atoms with Gasteiger partial charge in [-0.2, -0.15) is 0 Å². The number of nitrogens with one attached hydrogen (secondary N) is 2. The Bertz CT molecular complexity index is 1670. The number of hydrogen-bond acceptors (Lipinski definition) is 8. The van der Waals surface area contributed by atoms with Crippen molar-refractivity contribution in [2.75, 3.05) is 39.5 Å². The topological polar surface area (TPSA) is 239 Å². The third-order valence-electron chi connectivity index (χ3n) is 8.73. The van der Waals surface area contributed by atoms with Crippen LogP contribution in [-0.4, -0.2) is 63.0 Å². The maximum absolute atomic E-state index is 7.63. The Labute approximate surface area is 344 Å². The molecular weight excluding hydrogens is 731 g/mol. The highest BCUT2D eigenvalue weighted by atomic mass is 16.5. The first-order valence-electron chi connectivity index (χ1n) is 20.3. The average molecular weight is 796 g/mol. The van der Waals surface area contributed by atoms with Crippen molar-refractivity contribution in [2.24, 2.45) is 38.7 Å². The van der Waals surface area contributed by atoms with Gasteiger partial charge in [-0.15, -0.1) is 0 Å². The van der Waals surface area contributed by atoms with E-state index in [1.165, 1.54) is 0 Å². The summed E-state index contributed by atoms with van der Waals surface area (Å²) in [4.78, 5) is 8.07. The molecule has 13 nitrogen and oxygen atoms in total. The van der Waals surface area contributed by atoms with Crippen LogP contribution in [0.15, 0.2) is 70.6 Å². The molecule has 3 rings (SSSR count). The zero-order chi connectivity index (χ0) is 41.8. The molecule has 3 aromatic carbocycles. The number of rotatable bonds is 30. The standard InChI is InChI=1S/C45H65N9O4/c1-34(46)12-4-2-8-24-55-39-28-37(30-41(32-39)57-26-10-6-22-53-44(49)50)20-18-35-14-16-36(17-15-35)19-21-38-29-40(56-25-9-3-5-13-43(47)48)33-42(31-38)58-27-11-7-23-54-45(51)52/h14-21,28-33,46H,2-13,22-27H2,1H3,(H3,47,48)(H4,49,50,53)(H4,51,52,54)/b20-18+,21-19+,46-34?. The molecule has 12 N–H and O–H groups in total. The molecule has 0 radical (unpaired) electrons. The maximum atomic E-state index is 7.63. The predicted molar refractivity (Wildman–Crippen MR) is 241 cm³/mol. The maximum Gasteiger partial charge on any atom is 0.185 e. The molecule has 0 amide bonds. The normalized spacial score (nSPS) is 11.1. The van der Waals surface area contributed by atoms with Gasteiger partial charge in [-0.1, -0.05) is 48.6 Å². The molecule has 0 atom stereocenters. The van der Waals surface area contributed by atoms with E-state index in [4.69, 9.17) is 58.4 Å². The third-order valence-corrected chi connectivity index (χ3v) is 8.73. The highest BCUT2D eigenvalue weighted by Crippen LogP contribution is 2.27. The van der Waals surface area contributed by atoms with Crippen LogP contribution in [0.2, 0.25) is 0 Å². The van der Waals surface area contributed by atoms with Crippen molar-refractivity contribution in [1.82, 2.24) is 0 Å².